The summed E-state index contributed by atoms with van der Waals surface area (Å²) in [6.45, 7) is 8.55. The largest absolute Gasteiger partial charge is 0.389 e. The monoisotopic (exact) mass is 675 g/mol. The molecule has 5 atom stereocenters. The maximum Gasteiger partial charge on any atom is 0.251 e. The van der Waals surface area contributed by atoms with Crippen molar-refractivity contribution in [3.63, 3.8) is 0 Å². The maximum absolute atomic E-state index is 16.7. The number of hydrogen-bond donors (Lipinski definition) is 4. The van der Waals surface area contributed by atoms with Crippen LogP contribution in [0.4, 0.5) is 10.1 Å². The molecule has 10 nitrogen and oxygen atoms in total. The number of aliphatic imine (C=N–C) groups is 1. The lowest BCUT2D eigenvalue weighted by Gasteiger charge is -2.50. The van der Waals surface area contributed by atoms with Gasteiger partial charge in [0.2, 0.25) is 11.8 Å². The number of fused-ring (bicyclic) bond motifs is 3. The molecule has 1 saturated carbocycles. The van der Waals surface area contributed by atoms with Gasteiger partial charge in [0.15, 0.2) is 0 Å². The number of likely N-dealkylation sites (tertiary alicyclic amines) is 1. The Labute approximate surface area is 277 Å². The zero-order chi connectivity index (χ0) is 33.0. The molecule has 0 unspecified atom stereocenters. The zero-order valence-corrected chi connectivity index (χ0v) is 27.5. The quantitative estimate of drug-likeness (QED) is 0.267. The summed E-state index contributed by atoms with van der Waals surface area (Å²) in [7, 11) is 0. The fourth-order valence-electron chi connectivity index (χ4n) is 8.09. The average Bonchev–Trinajstić information content (AvgIpc) is 3.45. The van der Waals surface area contributed by atoms with E-state index >= 15 is 4.39 Å². The van der Waals surface area contributed by atoms with E-state index in [2.05, 4.69) is 41.4 Å². The van der Waals surface area contributed by atoms with E-state index in [-0.39, 0.29) is 23.1 Å². The minimum atomic E-state index is -1.47. The maximum atomic E-state index is 16.7. The van der Waals surface area contributed by atoms with Crippen LogP contribution in [-0.2, 0) is 24.5 Å². The summed E-state index contributed by atoms with van der Waals surface area (Å²) in [5, 5.41) is 19.5. The van der Waals surface area contributed by atoms with E-state index in [1.165, 1.54) is 6.21 Å². The number of benzene rings is 1. The third-order valence-electron chi connectivity index (χ3n) is 10.6. The number of ether oxygens (including phenoxy) is 1. The molecule has 3 saturated heterocycles. The molecule has 0 aromatic heterocycles. The number of β-amino-alcohol motifs (C(OH)–C–C–N with tert-alkyl or cyclic N) is 1. The lowest BCUT2D eigenvalue weighted by Crippen LogP contribution is -2.62. The third kappa shape index (κ3) is 5.68. The summed E-state index contributed by atoms with van der Waals surface area (Å²) in [4.78, 5) is 46.8. The number of amides is 3. The van der Waals surface area contributed by atoms with Gasteiger partial charge in [0.05, 0.1) is 30.7 Å². The van der Waals surface area contributed by atoms with Crippen LogP contribution in [0.15, 0.2) is 46.8 Å². The summed E-state index contributed by atoms with van der Waals surface area (Å²) < 4.78 is 22.6. The molecule has 1 aromatic carbocycles. The lowest BCUT2D eigenvalue weighted by molar-refractivity contribution is -0.157. The van der Waals surface area contributed by atoms with Crippen LogP contribution in [0.25, 0.3) is 0 Å². The van der Waals surface area contributed by atoms with Crippen molar-refractivity contribution in [2.45, 2.75) is 87.6 Å². The Morgan fingerprint density at radius 3 is 2.57 bits per heavy atom. The first-order valence-corrected chi connectivity index (χ1v) is 16.5. The van der Waals surface area contributed by atoms with E-state index in [1.807, 2.05) is 0 Å². The van der Waals surface area contributed by atoms with E-state index in [0.717, 1.165) is 18.9 Å². The molecular formula is C33H40Cl2FN5O5. The van der Waals surface area contributed by atoms with Gasteiger partial charge in [-0.05, 0) is 67.7 Å². The Balaban J connectivity index is 1.34. The molecule has 0 bridgehead atoms. The first kappa shape index (κ1) is 33.1. The zero-order valence-electron chi connectivity index (χ0n) is 26.0. The molecule has 2 spiro atoms. The minimum Gasteiger partial charge on any atom is -0.389 e. The van der Waals surface area contributed by atoms with Gasteiger partial charge >= 0.3 is 0 Å². The first-order chi connectivity index (χ1) is 21.8. The van der Waals surface area contributed by atoms with E-state index in [0.29, 0.717) is 55.0 Å². The van der Waals surface area contributed by atoms with Gasteiger partial charge in [-0.2, -0.15) is 0 Å². The predicted molar refractivity (Wildman–Crippen MR) is 173 cm³/mol. The number of carbonyl (C=O) groups excluding carboxylic acids is 3. The SMILES string of the molecule is C=C(Cl)N=C/C=C(\F)[C@H]1[C@H](C(=O)N[C@@H]2CC[C@@H](C(=O)N3CC(O)C3)OC2)NC2(CCC(C)(C)CC2)[C@@]12C(=O)Nc1cc(Cl)ccc12. The lowest BCUT2D eigenvalue weighted by atomic mass is 9.54. The highest BCUT2D eigenvalue weighted by atomic mass is 35.5. The summed E-state index contributed by atoms with van der Waals surface area (Å²) in [6.07, 6.45) is 4.65. The summed E-state index contributed by atoms with van der Waals surface area (Å²) in [5.41, 5.74) is -1.32. The Morgan fingerprint density at radius 1 is 1.22 bits per heavy atom. The van der Waals surface area contributed by atoms with Crippen LogP contribution in [0.1, 0.15) is 57.9 Å². The number of aliphatic hydroxyl groups is 1. The van der Waals surface area contributed by atoms with Crippen LogP contribution in [0, 0.1) is 11.3 Å². The summed E-state index contributed by atoms with van der Waals surface area (Å²) >= 11 is 12.1. The first-order valence-electron chi connectivity index (χ1n) is 15.8. The number of halogens is 3. The molecule has 248 valence electrons. The van der Waals surface area contributed by atoms with E-state index in [4.69, 9.17) is 27.9 Å². The highest BCUT2D eigenvalue weighted by Crippen LogP contribution is 2.62. The smallest absolute Gasteiger partial charge is 0.251 e. The van der Waals surface area contributed by atoms with Gasteiger partial charge in [-0.25, -0.2) is 9.38 Å². The molecule has 4 aliphatic heterocycles. The van der Waals surface area contributed by atoms with Gasteiger partial charge in [-0.3, -0.25) is 19.7 Å². The molecule has 1 aromatic rings. The second-order valence-corrected chi connectivity index (χ2v) is 14.9. The van der Waals surface area contributed by atoms with Crippen molar-refractivity contribution in [3.8, 4) is 0 Å². The molecule has 4 fully saturated rings. The van der Waals surface area contributed by atoms with Crippen molar-refractivity contribution in [1.29, 1.82) is 0 Å². The topological polar surface area (TPSA) is 132 Å². The number of nitrogens with one attached hydrogen (secondary N) is 3. The van der Waals surface area contributed by atoms with Crippen molar-refractivity contribution in [3.05, 3.63) is 52.4 Å². The second-order valence-electron chi connectivity index (χ2n) is 14.0. The van der Waals surface area contributed by atoms with E-state index < -0.39 is 58.8 Å². The fourth-order valence-corrected chi connectivity index (χ4v) is 8.32. The molecule has 0 radical (unpaired) electrons. The number of hydrogen-bond acceptors (Lipinski definition) is 7. The molecule has 4 heterocycles. The van der Waals surface area contributed by atoms with Crippen molar-refractivity contribution in [1.82, 2.24) is 15.5 Å². The van der Waals surface area contributed by atoms with Gasteiger partial charge < -0.3 is 25.4 Å². The molecule has 4 N–H and O–H groups in total. The number of carbonyl (C=O) groups is 3. The highest BCUT2D eigenvalue weighted by molar-refractivity contribution is 6.31. The molecule has 5 aliphatic rings. The van der Waals surface area contributed by atoms with Crippen LogP contribution < -0.4 is 16.0 Å². The van der Waals surface area contributed by atoms with Crippen LogP contribution in [0.5, 0.6) is 0 Å². The number of aliphatic hydroxyl groups excluding tert-OH is 1. The van der Waals surface area contributed by atoms with Crippen LogP contribution in [-0.4, -0.2) is 83.5 Å². The third-order valence-corrected chi connectivity index (χ3v) is 10.9. The number of rotatable bonds is 6. The van der Waals surface area contributed by atoms with E-state index in [9.17, 15) is 19.5 Å². The van der Waals surface area contributed by atoms with Crippen LogP contribution >= 0.6 is 23.2 Å². The van der Waals surface area contributed by atoms with Gasteiger partial charge in [-0.15, -0.1) is 0 Å². The fraction of sp³-hybridized carbons (Fsp3) is 0.576. The predicted octanol–water partition coefficient (Wildman–Crippen LogP) is 3.96. The van der Waals surface area contributed by atoms with Crippen molar-refractivity contribution < 1.29 is 28.6 Å². The molecule has 1 aliphatic carbocycles. The Kier molecular flexibility index (Phi) is 8.86. The van der Waals surface area contributed by atoms with Crippen LogP contribution in [0.3, 0.4) is 0 Å². The van der Waals surface area contributed by atoms with Crippen molar-refractivity contribution in [2.24, 2.45) is 16.3 Å². The molecule has 6 rings (SSSR count). The van der Waals surface area contributed by atoms with Gasteiger partial charge in [-0.1, -0.05) is 49.7 Å². The van der Waals surface area contributed by atoms with Crippen LogP contribution in [0.2, 0.25) is 5.02 Å². The van der Waals surface area contributed by atoms with Gasteiger partial charge in [0.25, 0.3) is 5.91 Å². The number of nitrogens with zero attached hydrogens (tertiary/aromatic N) is 2. The molecule has 46 heavy (non-hydrogen) atoms. The standard InChI is InChI=1S/C33H40Cl2FN5O5/c1-18(34)37-13-8-23(36)26-27(28(43)38-20-5-7-25(46-17-20)29(44)41-15-21(42)16-41)40-32(11-9-31(2,3)10-12-32)33(26)22-6-4-19(35)14-24(22)39-30(33)45/h4,6,8,13-14,20-21,25-27,40,42H,1,5,7,9-12,15-17H2,2-3H3,(H,38,43)(H,39,45)/b23-8-,37-13?/t20-,25+,26+,27-,33-/m1/s1. The minimum absolute atomic E-state index is 0.00513. The van der Waals surface area contributed by atoms with Crippen molar-refractivity contribution in [2.75, 3.05) is 25.0 Å². The Hall–Kier alpha value is -2.83. The van der Waals surface area contributed by atoms with Gasteiger partial charge in [0.1, 0.15) is 22.5 Å². The van der Waals surface area contributed by atoms with Crippen molar-refractivity contribution >= 4 is 52.8 Å². The summed E-state index contributed by atoms with van der Waals surface area (Å²) in [6, 6.07) is 3.56. The van der Waals surface area contributed by atoms with E-state index in [1.54, 1.807) is 23.1 Å². The average molecular weight is 677 g/mol. The molecular weight excluding hydrogens is 636 g/mol. The molecule has 13 heteroatoms. The van der Waals surface area contributed by atoms with Gasteiger partial charge in [0, 0.05) is 35.6 Å². The Morgan fingerprint density at radius 2 is 1.93 bits per heavy atom. The summed E-state index contributed by atoms with van der Waals surface area (Å²) in [5.74, 6) is -2.96. The number of anilines is 1. The number of allylic oxidation sites excluding steroid dienone is 1. The normalized spacial score (nSPS) is 32.0. The molecule has 3 amide bonds. The highest BCUT2D eigenvalue weighted by Gasteiger charge is 2.73. The second kappa shape index (κ2) is 12.3. The Bertz CT molecular complexity index is 1490.